The van der Waals surface area contributed by atoms with Crippen LogP contribution in [0.3, 0.4) is 0 Å². The maximum atomic E-state index is 6.19. The lowest BCUT2D eigenvalue weighted by molar-refractivity contribution is -0.126. The summed E-state index contributed by atoms with van der Waals surface area (Å²) < 4.78 is 11.7. The standard InChI is InChI=1S/C15H25NO2S/c1-3-16-14(11-13-5-10-19-12-13)15(18-4-2)6-8-17-9-7-15/h5,10,12,14,16H,3-4,6-9,11H2,1-2H3. The molecule has 1 aromatic heterocycles. The van der Waals surface area contributed by atoms with Crippen LogP contribution in [-0.4, -0.2) is 38.0 Å². The van der Waals surface area contributed by atoms with Gasteiger partial charge in [0.05, 0.1) is 5.60 Å². The molecule has 0 radical (unpaired) electrons. The van der Waals surface area contributed by atoms with E-state index in [-0.39, 0.29) is 5.60 Å². The van der Waals surface area contributed by atoms with Gasteiger partial charge in [0.2, 0.25) is 0 Å². The zero-order valence-corrected chi connectivity index (χ0v) is 12.8. The second-order valence-corrected chi connectivity index (χ2v) is 5.84. The Kier molecular flexibility index (Phi) is 5.82. The summed E-state index contributed by atoms with van der Waals surface area (Å²) in [6.45, 7) is 7.62. The maximum absolute atomic E-state index is 6.19. The first-order chi connectivity index (χ1) is 9.30. The smallest absolute Gasteiger partial charge is 0.0881 e. The maximum Gasteiger partial charge on any atom is 0.0881 e. The molecule has 1 fully saturated rings. The van der Waals surface area contributed by atoms with Gasteiger partial charge >= 0.3 is 0 Å². The number of ether oxygens (including phenoxy) is 2. The molecule has 2 rings (SSSR count). The summed E-state index contributed by atoms with van der Waals surface area (Å²) >= 11 is 1.77. The van der Waals surface area contributed by atoms with E-state index in [2.05, 4.69) is 36.0 Å². The molecule has 0 aromatic carbocycles. The Hall–Kier alpha value is -0.420. The van der Waals surface area contributed by atoms with Gasteiger partial charge in [-0.2, -0.15) is 11.3 Å². The molecule has 19 heavy (non-hydrogen) atoms. The van der Waals surface area contributed by atoms with Gasteiger partial charge in [0, 0.05) is 38.7 Å². The first kappa shape index (κ1) is 15.0. The van der Waals surface area contributed by atoms with Crippen molar-refractivity contribution < 1.29 is 9.47 Å². The average Bonchev–Trinajstić information content (AvgIpc) is 2.93. The minimum absolute atomic E-state index is 0.0645. The third-order valence-electron chi connectivity index (χ3n) is 3.88. The highest BCUT2D eigenvalue weighted by molar-refractivity contribution is 7.07. The lowest BCUT2D eigenvalue weighted by Gasteiger charge is -2.43. The molecule has 0 aliphatic carbocycles. The van der Waals surface area contributed by atoms with Crippen LogP contribution in [0.25, 0.3) is 0 Å². The Morgan fingerprint density at radius 3 is 2.79 bits per heavy atom. The van der Waals surface area contributed by atoms with Gasteiger partial charge in [-0.3, -0.25) is 0 Å². The van der Waals surface area contributed by atoms with Crippen LogP contribution >= 0.6 is 11.3 Å². The van der Waals surface area contributed by atoms with Crippen molar-refractivity contribution in [3.8, 4) is 0 Å². The second-order valence-electron chi connectivity index (χ2n) is 5.06. The van der Waals surface area contributed by atoms with E-state index < -0.39 is 0 Å². The van der Waals surface area contributed by atoms with E-state index in [1.807, 2.05) is 0 Å². The number of thiophene rings is 1. The molecule has 108 valence electrons. The van der Waals surface area contributed by atoms with Crippen molar-refractivity contribution in [2.75, 3.05) is 26.4 Å². The predicted molar refractivity (Wildman–Crippen MR) is 79.9 cm³/mol. The molecule has 1 unspecified atom stereocenters. The topological polar surface area (TPSA) is 30.5 Å². The SMILES string of the molecule is CCNC(Cc1ccsc1)C1(OCC)CCOCC1. The zero-order valence-electron chi connectivity index (χ0n) is 12.0. The van der Waals surface area contributed by atoms with Crippen molar-refractivity contribution in [3.05, 3.63) is 22.4 Å². The van der Waals surface area contributed by atoms with E-state index in [0.29, 0.717) is 6.04 Å². The molecule has 0 amide bonds. The molecule has 0 spiro atoms. The molecule has 0 bridgehead atoms. The number of rotatable bonds is 7. The number of hydrogen-bond acceptors (Lipinski definition) is 4. The molecule has 0 saturated carbocycles. The van der Waals surface area contributed by atoms with Crippen molar-refractivity contribution in [2.45, 2.75) is 44.8 Å². The Labute approximate surface area is 120 Å². The summed E-state index contributed by atoms with van der Waals surface area (Å²) in [7, 11) is 0. The number of nitrogens with one attached hydrogen (secondary N) is 1. The fourth-order valence-corrected chi connectivity index (χ4v) is 3.61. The molecule has 1 saturated heterocycles. The van der Waals surface area contributed by atoms with E-state index in [0.717, 1.165) is 45.6 Å². The summed E-state index contributed by atoms with van der Waals surface area (Å²) in [6, 6.07) is 2.59. The molecule has 3 nitrogen and oxygen atoms in total. The number of likely N-dealkylation sites (N-methyl/N-ethyl adjacent to an activating group) is 1. The summed E-state index contributed by atoms with van der Waals surface area (Å²) in [5.74, 6) is 0. The van der Waals surface area contributed by atoms with Crippen molar-refractivity contribution in [2.24, 2.45) is 0 Å². The fourth-order valence-electron chi connectivity index (χ4n) is 2.93. The average molecular weight is 283 g/mol. The van der Waals surface area contributed by atoms with Crippen LogP contribution in [-0.2, 0) is 15.9 Å². The summed E-state index contributed by atoms with van der Waals surface area (Å²) in [4.78, 5) is 0. The van der Waals surface area contributed by atoms with Crippen molar-refractivity contribution in [3.63, 3.8) is 0 Å². The Balaban J connectivity index is 2.12. The van der Waals surface area contributed by atoms with E-state index >= 15 is 0 Å². The van der Waals surface area contributed by atoms with Crippen LogP contribution in [0, 0.1) is 0 Å². The molecule has 1 N–H and O–H groups in total. The highest BCUT2D eigenvalue weighted by Crippen LogP contribution is 2.31. The zero-order chi connectivity index (χ0) is 13.6. The highest BCUT2D eigenvalue weighted by Gasteiger charge is 2.40. The van der Waals surface area contributed by atoms with Gasteiger partial charge in [0.15, 0.2) is 0 Å². The van der Waals surface area contributed by atoms with Gasteiger partial charge in [-0.05, 0) is 42.3 Å². The van der Waals surface area contributed by atoms with Gasteiger partial charge in [-0.15, -0.1) is 0 Å². The number of hydrogen-bond donors (Lipinski definition) is 1. The molecular formula is C15H25NO2S. The van der Waals surface area contributed by atoms with Crippen LogP contribution in [0.1, 0.15) is 32.3 Å². The molecule has 1 aliphatic rings. The third-order valence-corrected chi connectivity index (χ3v) is 4.61. The Bertz CT molecular complexity index is 342. The molecule has 4 heteroatoms. The minimum Gasteiger partial charge on any atom is -0.381 e. The molecule has 1 atom stereocenters. The van der Waals surface area contributed by atoms with E-state index in [1.165, 1.54) is 5.56 Å². The van der Waals surface area contributed by atoms with Gasteiger partial charge < -0.3 is 14.8 Å². The van der Waals surface area contributed by atoms with Gasteiger partial charge in [-0.1, -0.05) is 6.92 Å². The summed E-state index contributed by atoms with van der Waals surface area (Å²) in [5.41, 5.74) is 1.34. The van der Waals surface area contributed by atoms with Crippen LogP contribution in [0.15, 0.2) is 16.8 Å². The van der Waals surface area contributed by atoms with Crippen LogP contribution in [0.5, 0.6) is 0 Å². The van der Waals surface area contributed by atoms with Gasteiger partial charge in [0.25, 0.3) is 0 Å². The van der Waals surface area contributed by atoms with Gasteiger partial charge in [-0.25, -0.2) is 0 Å². The van der Waals surface area contributed by atoms with Crippen molar-refractivity contribution in [1.29, 1.82) is 0 Å². The first-order valence-corrected chi connectivity index (χ1v) is 8.21. The van der Waals surface area contributed by atoms with Crippen molar-refractivity contribution in [1.82, 2.24) is 5.32 Å². The van der Waals surface area contributed by atoms with Crippen molar-refractivity contribution >= 4 is 11.3 Å². The third kappa shape index (κ3) is 3.78. The molecule has 2 heterocycles. The van der Waals surface area contributed by atoms with E-state index in [1.54, 1.807) is 11.3 Å². The normalized spacial score (nSPS) is 20.3. The fraction of sp³-hybridized carbons (Fsp3) is 0.733. The van der Waals surface area contributed by atoms with Crippen LogP contribution in [0.2, 0.25) is 0 Å². The van der Waals surface area contributed by atoms with E-state index in [9.17, 15) is 0 Å². The summed E-state index contributed by atoms with van der Waals surface area (Å²) in [5, 5.41) is 8.03. The van der Waals surface area contributed by atoms with Gasteiger partial charge in [0.1, 0.15) is 0 Å². The predicted octanol–water partition coefficient (Wildman–Crippen LogP) is 2.85. The van der Waals surface area contributed by atoms with Crippen LogP contribution in [0.4, 0.5) is 0 Å². The van der Waals surface area contributed by atoms with E-state index in [4.69, 9.17) is 9.47 Å². The largest absolute Gasteiger partial charge is 0.381 e. The second kappa shape index (κ2) is 7.39. The minimum atomic E-state index is -0.0645. The molecule has 1 aliphatic heterocycles. The molecule has 1 aromatic rings. The monoisotopic (exact) mass is 283 g/mol. The first-order valence-electron chi connectivity index (χ1n) is 7.27. The summed E-state index contributed by atoms with van der Waals surface area (Å²) in [6.07, 6.45) is 3.02. The highest BCUT2D eigenvalue weighted by atomic mass is 32.1. The lowest BCUT2D eigenvalue weighted by Crippen LogP contribution is -2.56. The Morgan fingerprint density at radius 1 is 1.42 bits per heavy atom. The molecular weight excluding hydrogens is 258 g/mol. The Morgan fingerprint density at radius 2 is 2.21 bits per heavy atom. The van der Waals surface area contributed by atoms with Crippen LogP contribution < -0.4 is 5.32 Å². The lowest BCUT2D eigenvalue weighted by atomic mass is 9.83. The quantitative estimate of drug-likeness (QED) is 0.834.